The maximum absolute atomic E-state index is 15.8. The van der Waals surface area contributed by atoms with Crippen molar-refractivity contribution in [2.75, 3.05) is 6.61 Å². The molecular weight excluding hydrogens is 1280 g/mol. The van der Waals surface area contributed by atoms with Crippen molar-refractivity contribution >= 4 is 64.8 Å². The van der Waals surface area contributed by atoms with Crippen LogP contribution in [0.5, 0.6) is 69.0 Å². The minimum absolute atomic E-state index is 0.0880. The van der Waals surface area contributed by atoms with Crippen molar-refractivity contribution in [3.8, 4) is 80.1 Å². The summed E-state index contributed by atoms with van der Waals surface area (Å²) in [5, 5.41) is 116. The number of carbonyl (C=O) groups excluding carboxylic acids is 6. The smallest absolute Gasteiger partial charge is 0.408 e. The fourth-order valence-electron chi connectivity index (χ4n) is 10.9. The quantitative estimate of drug-likeness (QED) is 0.0708. The molecule has 27 nitrogen and oxygen atoms in total. The Morgan fingerprint density at radius 3 is 1.87 bits per heavy atom. The first-order valence-corrected chi connectivity index (χ1v) is 29.5. The van der Waals surface area contributed by atoms with Gasteiger partial charge in [0.25, 0.3) is 0 Å². The number of halogens is 2. The number of amides is 6. The molecule has 0 aromatic heterocycles. The standard InChI is InChI=1S/C66H55Cl2N7O20/c67-40-14-29-6-12-47(40)94-50-21-34-22-51(59(50)83)95-48-13-9-32(19-41(48)68)58(82)57-64(88)74-56(65(89)90)39-24-36(78)25-46(81)52(39)38-18-31(8-10-44(38)79)53(61(85)75-57)72-63(87)55(34)73-62(86)54(71-60(84)42(69)15-29)33-16-35(77)23-37(17-33)93-49-20-30(7-11-45(49)80)43(26-76)70-66(91)92-27-28-4-2-1-3-5-28/h1-14,16-25,42-43,53-58,76-83H,15,26-27,69H2,(H,70,91)(H,71,84)(H,72,87)(H,73,86)(H,74,88)(H,75,85)(H,89,90)/t42-,43+,53-,54+,55-,56+,57+,58-/m1/s1. The van der Waals surface area contributed by atoms with E-state index in [1.807, 2.05) is 0 Å². The fourth-order valence-corrected chi connectivity index (χ4v) is 11.4. The molecule has 5 heterocycles. The van der Waals surface area contributed by atoms with Gasteiger partial charge in [0.1, 0.15) is 77.1 Å². The van der Waals surface area contributed by atoms with Crippen LogP contribution in [0.3, 0.4) is 0 Å². The summed E-state index contributed by atoms with van der Waals surface area (Å²) in [7, 11) is 0. The number of phenolic OH excluding ortho intramolecular Hbond substituents is 6. The molecule has 17 N–H and O–H groups in total. The molecule has 5 aliphatic rings. The third-order valence-electron chi connectivity index (χ3n) is 15.6. The zero-order valence-corrected chi connectivity index (χ0v) is 50.5. The molecule has 0 unspecified atom stereocenters. The summed E-state index contributed by atoms with van der Waals surface area (Å²) in [4.78, 5) is 102. The lowest BCUT2D eigenvalue weighted by molar-refractivity contribution is -0.143. The Balaban J connectivity index is 1.05. The number of hydrogen-bond donors (Lipinski definition) is 16. The predicted octanol–water partition coefficient (Wildman–Crippen LogP) is 6.77. The van der Waals surface area contributed by atoms with Crippen LogP contribution in [0.4, 0.5) is 4.79 Å². The van der Waals surface area contributed by atoms with Crippen LogP contribution in [0, 0.1) is 0 Å². The van der Waals surface area contributed by atoms with Crippen molar-refractivity contribution in [3.63, 3.8) is 0 Å². The summed E-state index contributed by atoms with van der Waals surface area (Å²) in [6.07, 6.45) is -3.28. The number of aliphatic hydroxyl groups is 2. The van der Waals surface area contributed by atoms with Crippen LogP contribution in [0.1, 0.15) is 80.8 Å². The number of hydrogen-bond acceptors (Lipinski definition) is 20. The largest absolute Gasteiger partial charge is 0.508 e. The van der Waals surface area contributed by atoms with Crippen LogP contribution < -0.4 is 51.8 Å². The second-order valence-corrected chi connectivity index (χ2v) is 22.9. The van der Waals surface area contributed by atoms with Crippen LogP contribution >= 0.6 is 23.2 Å². The molecule has 0 spiro atoms. The number of carboxylic acid groups (broad SMARTS) is 1. The minimum atomic E-state index is -2.21. The number of alkyl carbamates (subject to hydrolysis) is 1. The van der Waals surface area contributed by atoms with E-state index in [9.17, 15) is 65.1 Å². The molecule has 0 radical (unpaired) electrons. The second-order valence-electron chi connectivity index (χ2n) is 22.1. The van der Waals surface area contributed by atoms with E-state index in [1.165, 1.54) is 48.5 Å². The molecule has 6 amide bonds. The number of carboxylic acids is 1. The van der Waals surface area contributed by atoms with E-state index in [1.54, 1.807) is 30.3 Å². The van der Waals surface area contributed by atoms with Gasteiger partial charge >= 0.3 is 12.1 Å². The number of ether oxygens (including phenoxy) is 4. The second kappa shape index (κ2) is 27.0. The van der Waals surface area contributed by atoms with Crippen LogP contribution in [-0.4, -0.2) is 106 Å². The number of aliphatic carboxylic acids is 1. The molecule has 0 saturated carbocycles. The number of nitrogens with two attached hydrogens (primary N) is 1. The third kappa shape index (κ3) is 14.0. The molecular formula is C66H55Cl2N7O20. The molecule has 8 aromatic carbocycles. The predicted molar refractivity (Wildman–Crippen MR) is 334 cm³/mol. The molecule has 8 atom stereocenters. The van der Waals surface area contributed by atoms with E-state index in [2.05, 4.69) is 31.9 Å². The van der Waals surface area contributed by atoms with Crippen LogP contribution in [0.15, 0.2) is 146 Å². The number of phenols is 6. The lowest BCUT2D eigenvalue weighted by atomic mass is 9.89. The number of rotatable bonds is 9. The maximum atomic E-state index is 15.8. The van der Waals surface area contributed by atoms with E-state index in [-0.39, 0.29) is 73.9 Å². The molecule has 0 aliphatic carbocycles. The number of aliphatic hydroxyl groups excluding tert-OH is 2. The molecule has 13 rings (SSSR count). The minimum Gasteiger partial charge on any atom is -0.508 e. The van der Waals surface area contributed by atoms with Gasteiger partial charge in [0.05, 0.1) is 28.7 Å². The van der Waals surface area contributed by atoms with Gasteiger partial charge in [-0.05, 0) is 124 Å². The fraction of sp³-hybridized carbons (Fsp3) is 0.167. The number of aromatic hydroxyl groups is 6. The van der Waals surface area contributed by atoms with Gasteiger partial charge in [-0.3, -0.25) is 24.0 Å². The van der Waals surface area contributed by atoms with Gasteiger partial charge in [0.15, 0.2) is 29.0 Å². The summed E-state index contributed by atoms with van der Waals surface area (Å²) in [6.45, 7) is -0.761. The highest BCUT2D eigenvalue weighted by Crippen LogP contribution is 2.48. The molecule has 8 aromatic rings. The van der Waals surface area contributed by atoms with Crippen LogP contribution in [0.2, 0.25) is 10.0 Å². The normalized spacial score (nSPS) is 19.8. The van der Waals surface area contributed by atoms with E-state index in [0.717, 1.165) is 66.7 Å². The Kier molecular flexibility index (Phi) is 18.5. The van der Waals surface area contributed by atoms with E-state index >= 15 is 14.4 Å². The Morgan fingerprint density at radius 1 is 0.600 bits per heavy atom. The molecule has 29 heteroatoms. The Bertz CT molecular complexity index is 4430. The molecule has 0 saturated heterocycles. The van der Waals surface area contributed by atoms with Gasteiger partial charge in [-0.2, -0.15) is 0 Å². The van der Waals surface area contributed by atoms with Gasteiger partial charge in [0.2, 0.25) is 35.3 Å². The van der Waals surface area contributed by atoms with Crippen molar-refractivity contribution in [1.82, 2.24) is 31.9 Å². The molecule has 11 bridgehead atoms. The maximum Gasteiger partial charge on any atom is 0.408 e. The number of carbonyl (C=O) groups is 7. The van der Waals surface area contributed by atoms with Gasteiger partial charge in [0, 0.05) is 28.8 Å². The van der Waals surface area contributed by atoms with E-state index in [4.69, 9.17) is 47.9 Å². The van der Waals surface area contributed by atoms with Crippen LogP contribution in [0.25, 0.3) is 11.1 Å². The topological polar surface area (TPSA) is 437 Å². The van der Waals surface area contributed by atoms with Crippen molar-refractivity contribution in [1.29, 1.82) is 0 Å². The third-order valence-corrected chi connectivity index (χ3v) is 16.2. The van der Waals surface area contributed by atoms with Crippen molar-refractivity contribution in [3.05, 3.63) is 200 Å². The van der Waals surface area contributed by atoms with Crippen LogP contribution in [-0.2, 0) is 46.5 Å². The van der Waals surface area contributed by atoms with Crippen molar-refractivity contribution in [2.45, 2.75) is 61.4 Å². The van der Waals surface area contributed by atoms with Gasteiger partial charge in [-0.25, -0.2) is 9.59 Å². The first-order valence-electron chi connectivity index (χ1n) is 28.7. The van der Waals surface area contributed by atoms with Crippen molar-refractivity contribution < 1.29 is 98.5 Å². The lowest BCUT2D eigenvalue weighted by Crippen LogP contribution is -2.55. The van der Waals surface area contributed by atoms with Gasteiger partial charge < -0.3 is 103 Å². The van der Waals surface area contributed by atoms with E-state index < -0.39 is 159 Å². The molecule has 488 valence electrons. The highest BCUT2D eigenvalue weighted by atomic mass is 35.5. The average Bonchev–Trinajstić information content (AvgIpc) is 0.777. The van der Waals surface area contributed by atoms with Crippen molar-refractivity contribution in [2.24, 2.45) is 5.73 Å². The summed E-state index contributed by atoms with van der Waals surface area (Å²) < 4.78 is 23.8. The molecule has 5 aliphatic heterocycles. The Hall–Kier alpha value is -11.5. The average molecular weight is 1340 g/mol. The zero-order valence-electron chi connectivity index (χ0n) is 48.9. The van der Waals surface area contributed by atoms with Gasteiger partial charge in [-0.1, -0.05) is 77.8 Å². The Morgan fingerprint density at radius 2 is 1.21 bits per heavy atom. The highest BCUT2D eigenvalue weighted by molar-refractivity contribution is 6.32. The SMILES string of the molecule is N[C@@H]1Cc2ccc(c(Cl)c2)Oc2cc3cc(c2O)Oc2ccc(cc2Cl)[C@@H](O)[C@@H]2NC(=O)[C@H](NC(=O)[C@@H]3NC(=O)[C@H](c3cc(O)cc(Oc4cc([C@H](CO)NC(=O)OCc5ccccc5)ccc4O)c3)NC1=O)c1ccc(O)c(c1)-c1c(O)cc(O)cc1[C@@H](C(=O)O)NC2=O. The monoisotopic (exact) mass is 1340 g/mol. The lowest BCUT2D eigenvalue weighted by Gasteiger charge is -2.31. The zero-order chi connectivity index (χ0) is 67.7. The highest BCUT2D eigenvalue weighted by Gasteiger charge is 2.41. The summed E-state index contributed by atoms with van der Waals surface area (Å²) in [5.74, 6) is -14.3. The van der Waals surface area contributed by atoms with Gasteiger partial charge in [-0.15, -0.1) is 0 Å². The first kappa shape index (κ1) is 65.0. The van der Waals surface area contributed by atoms with E-state index in [0.29, 0.717) is 11.1 Å². The number of fused-ring (bicyclic) bond motifs is 15. The summed E-state index contributed by atoms with van der Waals surface area (Å²) >= 11 is 13.6. The Labute approximate surface area is 546 Å². The summed E-state index contributed by atoms with van der Waals surface area (Å²) in [5.41, 5.74) is 5.21. The first-order chi connectivity index (χ1) is 45.4. The molecule has 0 fully saturated rings. The molecule has 95 heavy (non-hydrogen) atoms. The number of nitrogens with one attached hydrogen (secondary N) is 6. The number of benzene rings is 8. The summed E-state index contributed by atoms with van der Waals surface area (Å²) in [6, 6.07) is 17.3.